The summed E-state index contributed by atoms with van der Waals surface area (Å²) in [5, 5.41) is 12.5. The van der Waals surface area contributed by atoms with Crippen LogP contribution in [0.25, 0.3) is 0 Å². The van der Waals surface area contributed by atoms with E-state index >= 15 is 0 Å². The maximum Gasteiger partial charge on any atom is 0.0644 e. The first-order valence-electron chi connectivity index (χ1n) is 3.20. The number of nitrogens with zero attached hydrogens (tertiary/aromatic N) is 2. The Morgan fingerprint density at radius 2 is 2.50 bits per heavy atom. The van der Waals surface area contributed by atoms with Crippen molar-refractivity contribution in [1.82, 2.24) is 9.78 Å². The minimum absolute atomic E-state index is 0.106. The van der Waals surface area contributed by atoms with Crippen LogP contribution in [0.4, 0.5) is 0 Å². The van der Waals surface area contributed by atoms with Crippen LogP contribution in [0.3, 0.4) is 0 Å². The zero-order valence-corrected chi connectivity index (χ0v) is 5.70. The molecule has 56 valence electrons. The average molecular weight is 141 g/mol. The summed E-state index contributed by atoms with van der Waals surface area (Å²) in [6.45, 7) is 1.11. The average Bonchev–Trinajstić information content (AvgIpc) is 2.36. The highest BCUT2D eigenvalue weighted by Crippen LogP contribution is 1.95. The molecule has 1 heterocycles. The summed E-state index contributed by atoms with van der Waals surface area (Å²) in [4.78, 5) is 0. The quantitative estimate of drug-likeness (QED) is 0.587. The van der Waals surface area contributed by atoms with Gasteiger partial charge in [-0.15, -0.1) is 0 Å². The van der Waals surface area contributed by atoms with Gasteiger partial charge in [-0.05, 0) is 6.07 Å². The first-order valence-corrected chi connectivity index (χ1v) is 3.20. The zero-order valence-electron chi connectivity index (χ0n) is 5.70. The smallest absolute Gasteiger partial charge is 0.0644 e. The van der Waals surface area contributed by atoms with Crippen LogP contribution in [0.2, 0.25) is 0 Å². The van der Waals surface area contributed by atoms with Crippen molar-refractivity contribution in [2.45, 2.75) is 13.1 Å². The molecule has 1 aromatic rings. The Hall–Kier alpha value is -0.870. The minimum Gasteiger partial charge on any atom is -0.394 e. The van der Waals surface area contributed by atoms with E-state index in [0.29, 0.717) is 13.1 Å². The Balaban J connectivity index is 2.70. The van der Waals surface area contributed by atoms with Crippen molar-refractivity contribution in [3.63, 3.8) is 0 Å². The molecule has 0 atom stereocenters. The van der Waals surface area contributed by atoms with Crippen LogP contribution < -0.4 is 5.73 Å². The molecule has 0 saturated heterocycles. The molecule has 0 radical (unpaired) electrons. The van der Waals surface area contributed by atoms with Crippen LogP contribution in [0.15, 0.2) is 12.3 Å². The summed E-state index contributed by atoms with van der Waals surface area (Å²) >= 11 is 0. The van der Waals surface area contributed by atoms with Gasteiger partial charge in [-0.2, -0.15) is 5.10 Å². The van der Waals surface area contributed by atoms with Gasteiger partial charge in [-0.1, -0.05) is 0 Å². The van der Waals surface area contributed by atoms with Gasteiger partial charge in [0.05, 0.1) is 18.8 Å². The van der Waals surface area contributed by atoms with Crippen LogP contribution >= 0.6 is 0 Å². The van der Waals surface area contributed by atoms with E-state index in [0.717, 1.165) is 5.69 Å². The van der Waals surface area contributed by atoms with Gasteiger partial charge in [-0.3, -0.25) is 4.68 Å². The lowest BCUT2D eigenvalue weighted by Crippen LogP contribution is -2.10. The van der Waals surface area contributed by atoms with E-state index < -0.39 is 0 Å². The Morgan fingerprint density at radius 3 is 3.10 bits per heavy atom. The number of aromatic nitrogens is 2. The molecule has 0 unspecified atom stereocenters. The fourth-order valence-corrected chi connectivity index (χ4v) is 0.830. The highest BCUT2D eigenvalue weighted by atomic mass is 16.3. The summed E-state index contributed by atoms with van der Waals surface area (Å²) in [7, 11) is 0. The fraction of sp³-hybridized carbons (Fsp3) is 0.500. The van der Waals surface area contributed by atoms with Gasteiger partial charge in [-0.25, -0.2) is 0 Å². The maximum atomic E-state index is 8.56. The van der Waals surface area contributed by atoms with E-state index in [4.69, 9.17) is 10.8 Å². The standard InChI is InChI=1S/C6H11N3O/c7-5-6-1-2-8-9(6)3-4-10/h1-2,10H,3-5,7H2. The molecule has 0 spiro atoms. The van der Waals surface area contributed by atoms with Gasteiger partial charge in [0.25, 0.3) is 0 Å². The lowest BCUT2D eigenvalue weighted by Gasteiger charge is -2.01. The lowest BCUT2D eigenvalue weighted by atomic mass is 10.4. The second kappa shape index (κ2) is 3.34. The second-order valence-corrected chi connectivity index (χ2v) is 1.97. The molecule has 0 aliphatic heterocycles. The number of aliphatic hydroxyl groups is 1. The molecule has 4 nitrogen and oxygen atoms in total. The monoisotopic (exact) mass is 141 g/mol. The maximum absolute atomic E-state index is 8.56. The van der Waals surface area contributed by atoms with Crippen LogP contribution in [-0.4, -0.2) is 21.5 Å². The van der Waals surface area contributed by atoms with E-state index in [9.17, 15) is 0 Å². The van der Waals surface area contributed by atoms with Crippen molar-refractivity contribution in [2.24, 2.45) is 5.73 Å². The summed E-state index contributed by atoms with van der Waals surface area (Å²) in [5.41, 5.74) is 6.34. The van der Waals surface area contributed by atoms with Gasteiger partial charge in [0.1, 0.15) is 0 Å². The predicted molar refractivity (Wildman–Crippen MR) is 37.2 cm³/mol. The normalized spacial score (nSPS) is 10.2. The van der Waals surface area contributed by atoms with Gasteiger partial charge in [0, 0.05) is 12.7 Å². The molecule has 4 heteroatoms. The van der Waals surface area contributed by atoms with Crippen molar-refractivity contribution < 1.29 is 5.11 Å². The molecule has 0 aromatic carbocycles. The van der Waals surface area contributed by atoms with Crippen molar-refractivity contribution in [3.8, 4) is 0 Å². The first kappa shape index (κ1) is 7.24. The largest absolute Gasteiger partial charge is 0.394 e. The molecule has 1 aromatic heterocycles. The van der Waals surface area contributed by atoms with E-state index in [1.54, 1.807) is 10.9 Å². The summed E-state index contributed by atoms with van der Waals surface area (Å²) in [6, 6.07) is 1.84. The molecular weight excluding hydrogens is 130 g/mol. The molecule has 3 N–H and O–H groups in total. The van der Waals surface area contributed by atoms with Crippen molar-refractivity contribution in [1.29, 1.82) is 0 Å². The number of nitrogens with two attached hydrogens (primary N) is 1. The number of rotatable bonds is 3. The first-order chi connectivity index (χ1) is 4.88. The van der Waals surface area contributed by atoms with Crippen molar-refractivity contribution >= 4 is 0 Å². The number of aliphatic hydroxyl groups excluding tert-OH is 1. The van der Waals surface area contributed by atoms with E-state index in [1.165, 1.54) is 0 Å². The molecule has 0 fully saturated rings. The zero-order chi connectivity index (χ0) is 7.40. The predicted octanol–water partition coefficient (Wildman–Crippen LogP) is -0.666. The van der Waals surface area contributed by atoms with Crippen LogP contribution in [0.5, 0.6) is 0 Å². The third kappa shape index (κ3) is 1.34. The minimum atomic E-state index is 0.106. The van der Waals surface area contributed by atoms with Crippen molar-refractivity contribution in [3.05, 3.63) is 18.0 Å². The van der Waals surface area contributed by atoms with Gasteiger partial charge in [0.2, 0.25) is 0 Å². The molecule has 0 aliphatic rings. The Labute approximate surface area is 59.3 Å². The van der Waals surface area contributed by atoms with Crippen LogP contribution in [0, 0.1) is 0 Å². The highest BCUT2D eigenvalue weighted by Gasteiger charge is 1.96. The second-order valence-electron chi connectivity index (χ2n) is 1.97. The lowest BCUT2D eigenvalue weighted by molar-refractivity contribution is 0.267. The van der Waals surface area contributed by atoms with Gasteiger partial charge in [0.15, 0.2) is 0 Å². The molecule has 0 saturated carbocycles. The SMILES string of the molecule is NCc1ccnn1CCO. The van der Waals surface area contributed by atoms with Crippen LogP contribution in [-0.2, 0) is 13.1 Å². The third-order valence-corrected chi connectivity index (χ3v) is 1.33. The molecule has 1 rings (SSSR count). The van der Waals surface area contributed by atoms with Gasteiger partial charge >= 0.3 is 0 Å². The van der Waals surface area contributed by atoms with E-state index in [1.807, 2.05) is 6.07 Å². The van der Waals surface area contributed by atoms with Gasteiger partial charge < -0.3 is 10.8 Å². The molecule has 0 bridgehead atoms. The molecule has 0 aliphatic carbocycles. The molecule has 0 amide bonds. The fourth-order valence-electron chi connectivity index (χ4n) is 0.830. The molecule has 10 heavy (non-hydrogen) atoms. The van der Waals surface area contributed by atoms with E-state index in [-0.39, 0.29) is 6.61 Å². The van der Waals surface area contributed by atoms with Crippen LogP contribution in [0.1, 0.15) is 5.69 Å². The Kier molecular flexibility index (Phi) is 2.42. The van der Waals surface area contributed by atoms with E-state index in [2.05, 4.69) is 5.10 Å². The number of hydrogen-bond acceptors (Lipinski definition) is 3. The highest BCUT2D eigenvalue weighted by molar-refractivity contribution is 4.99. The summed E-state index contributed by atoms with van der Waals surface area (Å²) < 4.78 is 1.69. The summed E-state index contributed by atoms with van der Waals surface area (Å²) in [6.07, 6.45) is 1.68. The Morgan fingerprint density at radius 1 is 1.70 bits per heavy atom. The Bertz CT molecular complexity index is 197. The van der Waals surface area contributed by atoms with Crippen molar-refractivity contribution in [2.75, 3.05) is 6.61 Å². The number of hydrogen-bond donors (Lipinski definition) is 2. The third-order valence-electron chi connectivity index (χ3n) is 1.33. The molecular formula is C6H11N3O. The summed E-state index contributed by atoms with van der Waals surface area (Å²) in [5.74, 6) is 0. The topological polar surface area (TPSA) is 64.1 Å².